The van der Waals surface area contributed by atoms with Crippen LogP contribution in [0.2, 0.25) is 0 Å². The van der Waals surface area contributed by atoms with Gasteiger partial charge in [-0.1, -0.05) is 25.7 Å². The van der Waals surface area contributed by atoms with Crippen LogP contribution in [0.3, 0.4) is 0 Å². The Morgan fingerprint density at radius 2 is 2.09 bits per heavy atom. The molecule has 2 nitrogen and oxygen atoms in total. The minimum Gasteiger partial charge on any atom is -0.255 e. The highest BCUT2D eigenvalue weighted by Crippen LogP contribution is 2.28. The highest BCUT2D eigenvalue weighted by molar-refractivity contribution is 5.68. The van der Waals surface area contributed by atoms with Gasteiger partial charge in [0.25, 0.3) is 0 Å². The molecule has 11 heavy (non-hydrogen) atoms. The number of hydrogen-bond donors (Lipinski definition) is 0. The molecule has 0 aromatic carbocycles. The van der Waals surface area contributed by atoms with Crippen LogP contribution in [-0.4, -0.2) is 5.97 Å². The third kappa shape index (κ3) is 2.87. The van der Waals surface area contributed by atoms with Crippen molar-refractivity contribution in [2.45, 2.75) is 38.5 Å². The fourth-order valence-corrected chi connectivity index (χ4v) is 1.66. The Morgan fingerprint density at radius 3 is 2.64 bits per heavy atom. The first-order valence-corrected chi connectivity index (χ1v) is 4.14. The molecule has 0 saturated heterocycles. The van der Waals surface area contributed by atoms with E-state index in [0.717, 1.165) is 6.42 Å². The van der Waals surface area contributed by atoms with E-state index in [1.165, 1.54) is 25.7 Å². The second-order valence-electron chi connectivity index (χ2n) is 3.14. The van der Waals surface area contributed by atoms with Gasteiger partial charge >= 0.3 is 5.97 Å². The highest BCUT2D eigenvalue weighted by atomic mass is 19.3. The molecule has 0 aliphatic heterocycles. The van der Waals surface area contributed by atoms with Gasteiger partial charge < -0.3 is 0 Å². The second kappa shape index (κ2) is 4.31. The quantitative estimate of drug-likeness (QED) is 0.633. The Morgan fingerprint density at radius 1 is 1.45 bits per heavy atom. The molecule has 1 saturated carbocycles. The lowest BCUT2D eigenvalue weighted by Crippen LogP contribution is -2.01. The van der Waals surface area contributed by atoms with Gasteiger partial charge in [-0.05, 0) is 12.3 Å². The van der Waals surface area contributed by atoms with Crippen LogP contribution in [0.15, 0.2) is 0 Å². The van der Waals surface area contributed by atoms with Gasteiger partial charge in [-0.3, -0.25) is 4.94 Å². The molecule has 0 atom stereocenters. The van der Waals surface area contributed by atoms with Gasteiger partial charge in [-0.2, -0.15) is 0 Å². The molecule has 1 fully saturated rings. The van der Waals surface area contributed by atoms with Crippen LogP contribution in [0.5, 0.6) is 0 Å². The van der Waals surface area contributed by atoms with Crippen LogP contribution in [0.25, 0.3) is 0 Å². The molecule has 0 radical (unpaired) electrons. The summed E-state index contributed by atoms with van der Waals surface area (Å²) in [4.78, 5) is 13.4. The lowest BCUT2D eigenvalue weighted by Gasteiger charge is -2.04. The first kappa shape index (κ1) is 8.50. The summed E-state index contributed by atoms with van der Waals surface area (Å²) in [6.07, 6.45) is 5.94. The topological polar surface area (TPSA) is 26.3 Å². The zero-order valence-corrected chi connectivity index (χ0v) is 6.51. The third-order valence-electron chi connectivity index (χ3n) is 2.32. The molecule has 64 valence electrons. The molecule has 0 heterocycles. The number of halogens is 1. The molecule has 0 amide bonds. The summed E-state index contributed by atoms with van der Waals surface area (Å²) in [5.41, 5.74) is 0. The van der Waals surface area contributed by atoms with Gasteiger partial charge in [0.15, 0.2) is 0 Å². The molecule has 0 unspecified atom stereocenters. The van der Waals surface area contributed by atoms with E-state index < -0.39 is 5.97 Å². The maximum absolute atomic E-state index is 11.2. The first-order valence-electron chi connectivity index (χ1n) is 4.14. The fourth-order valence-electron chi connectivity index (χ4n) is 1.66. The van der Waals surface area contributed by atoms with Gasteiger partial charge in [0.05, 0.1) is 0 Å². The van der Waals surface area contributed by atoms with Crippen molar-refractivity contribution in [2.75, 3.05) is 0 Å². The standard InChI is InChI=1S/C8H13FO2/c9-11-8(10)6-5-7-3-1-2-4-7/h7H,1-6H2. The maximum Gasteiger partial charge on any atom is 0.348 e. The summed E-state index contributed by atoms with van der Waals surface area (Å²) in [5, 5.41) is 0. The molecular weight excluding hydrogens is 147 g/mol. The normalized spacial score (nSPS) is 18.6. The van der Waals surface area contributed by atoms with Crippen molar-refractivity contribution in [3.8, 4) is 0 Å². The van der Waals surface area contributed by atoms with Crippen LogP contribution < -0.4 is 0 Å². The summed E-state index contributed by atoms with van der Waals surface area (Å²) in [6, 6.07) is 0. The molecule has 1 aliphatic rings. The summed E-state index contributed by atoms with van der Waals surface area (Å²) in [6.45, 7) is 0. The molecular formula is C8H13FO2. The van der Waals surface area contributed by atoms with Gasteiger partial charge in [-0.25, -0.2) is 4.79 Å². The lowest BCUT2D eigenvalue weighted by atomic mass is 10.0. The first-order chi connectivity index (χ1) is 5.33. The smallest absolute Gasteiger partial charge is 0.255 e. The van der Waals surface area contributed by atoms with Crippen molar-refractivity contribution < 1.29 is 14.3 Å². The van der Waals surface area contributed by atoms with E-state index in [-0.39, 0.29) is 6.42 Å². The SMILES string of the molecule is O=C(CCC1CCCC1)OF. The van der Waals surface area contributed by atoms with Gasteiger partial charge in [0.2, 0.25) is 0 Å². The zero-order chi connectivity index (χ0) is 8.10. The Kier molecular flexibility index (Phi) is 3.33. The number of rotatable bonds is 3. The van der Waals surface area contributed by atoms with Crippen LogP contribution in [0, 0.1) is 5.92 Å². The average molecular weight is 160 g/mol. The van der Waals surface area contributed by atoms with Gasteiger partial charge in [-0.15, -0.1) is 0 Å². The van der Waals surface area contributed by atoms with Crippen molar-refractivity contribution >= 4 is 5.97 Å². The van der Waals surface area contributed by atoms with Crippen LogP contribution in [0.1, 0.15) is 38.5 Å². The molecule has 0 aromatic rings. The van der Waals surface area contributed by atoms with E-state index in [0.29, 0.717) is 5.92 Å². The molecule has 0 bridgehead atoms. The van der Waals surface area contributed by atoms with Crippen molar-refractivity contribution in [3.05, 3.63) is 0 Å². The molecule has 0 aromatic heterocycles. The van der Waals surface area contributed by atoms with Crippen molar-refractivity contribution in [2.24, 2.45) is 5.92 Å². The second-order valence-corrected chi connectivity index (χ2v) is 3.14. The van der Waals surface area contributed by atoms with Crippen LogP contribution in [-0.2, 0) is 9.74 Å². The number of hydrogen-bond acceptors (Lipinski definition) is 2. The third-order valence-corrected chi connectivity index (χ3v) is 2.32. The summed E-state index contributed by atoms with van der Waals surface area (Å²) >= 11 is 0. The Hall–Kier alpha value is -0.600. The molecule has 0 N–H and O–H groups in total. The van der Waals surface area contributed by atoms with Crippen LogP contribution >= 0.6 is 0 Å². The van der Waals surface area contributed by atoms with E-state index in [4.69, 9.17) is 0 Å². The lowest BCUT2D eigenvalue weighted by molar-refractivity contribution is -0.183. The van der Waals surface area contributed by atoms with Crippen molar-refractivity contribution in [3.63, 3.8) is 0 Å². The molecule has 0 spiro atoms. The number of carbonyl (C=O) groups is 1. The molecule has 3 heteroatoms. The maximum atomic E-state index is 11.2. The Balaban J connectivity index is 2.06. The highest BCUT2D eigenvalue weighted by Gasteiger charge is 2.16. The largest absolute Gasteiger partial charge is 0.348 e. The zero-order valence-electron chi connectivity index (χ0n) is 6.51. The monoisotopic (exact) mass is 160 g/mol. The van der Waals surface area contributed by atoms with E-state index in [9.17, 15) is 9.32 Å². The Labute approximate surface area is 65.6 Å². The van der Waals surface area contributed by atoms with Gasteiger partial charge in [0, 0.05) is 10.9 Å². The minimum absolute atomic E-state index is 0.237. The van der Waals surface area contributed by atoms with E-state index in [2.05, 4.69) is 4.94 Å². The fraction of sp³-hybridized carbons (Fsp3) is 0.875. The summed E-state index contributed by atoms with van der Waals surface area (Å²) in [7, 11) is 0. The number of carbonyl (C=O) groups excluding carboxylic acids is 1. The van der Waals surface area contributed by atoms with Crippen molar-refractivity contribution in [1.82, 2.24) is 0 Å². The minimum atomic E-state index is -0.725. The van der Waals surface area contributed by atoms with E-state index >= 15 is 0 Å². The predicted octanol–water partition coefficient (Wildman–Crippen LogP) is 2.38. The Bertz CT molecular complexity index is 130. The van der Waals surface area contributed by atoms with E-state index in [1.807, 2.05) is 0 Å². The molecule has 1 rings (SSSR count). The van der Waals surface area contributed by atoms with Crippen LogP contribution in [0.4, 0.5) is 4.53 Å². The van der Waals surface area contributed by atoms with E-state index in [1.54, 1.807) is 0 Å². The van der Waals surface area contributed by atoms with Crippen molar-refractivity contribution in [1.29, 1.82) is 0 Å². The predicted molar refractivity (Wildman–Crippen MR) is 38.4 cm³/mol. The summed E-state index contributed by atoms with van der Waals surface area (Å²) < 4.78 is 11.2. The van der Waals surface area contributed by atoms with Gasteiger partial charge in [0.1, 0.15) is 0 Å². The summed E-state index contributed by atoms with van der Waals surface area (Å²) in [5.74, 6) is -0.0917. The average Bonchev–Trinajstić information content (AvgIpc) is 2.52. The molecule has 1 aliphatic carbocycles.